The molecule has 0 spiro atoms. The molecule has 0 fully saturated rings. The molecule has 3 nitrogen and oxygen atoms in total. The van der Waals surface area contributed by atoms with Crippen LogP contribution in [0.25, 0.3) is 0 Å². The second-order valence-corrected chi connectivity index (χ2v) is 3.82. The van der Waals surface area contributed by atoms with E-state index in [0.717, 1.165) is 6.07 Å². The van der Waals surface area contributed by atoms with Crippen LogP contribution in [-0.2, 0) is 19.1 Å². The van der Waals surface area contributed by atoms with E-state index in [4.69, 9.17) is 10.3 Å². The summed E-state index contributed by atoms with van der Waals surface area (Å²) in [6.07, 6.45) is -4.32. The Bertz CT molecular complexity index is 534. The number of hydrogen-bond acceptors (Lipinski definition) is 3. The molecule has 0 saturated carbocycles. The third-order valence-electron chi connectivity index (χ3n) is 2.50. The molecule has 6 heteroatoms. The Kier molecular flexibility index (Phi) is 3.38. The van der Waals surface area contributed by atoms with Crippen LogP contribution in [-0.4, -0.2) is 5.16 Å². The summed E-state index contributed by atoms with van der Waals surface area (Å²) in [5.74, 6) is 0.368. The van der Waals surface area contributed by atoms with Gasteiger partial charge in [-0.1, -0.05) is 23.4 Å². The Morgan fingerprint density at radius 2 is 1.94 bits per heavy atom. The van der Waals surface area contributed by atoms with Crippen molar-refractivity contribution in [2.45, 2.75) is 19.1 Å². The molecule has 0 bridgehead atoms. The molecular formula is C12H11F3N2O. The molecule has 0 aliphatic heterocycles. The molecule has 0 atom stereocenters. The maximum atomic E-state index is 12.8. The maximum absolute atomic E-state index is 12.8. The first-order valence-electron chi connectivity index (χ1n) is 5.30. The van der Waals surface area contributed by atoms with Crippen molar-refractivity contribution in [2.24, 2.45) is 5.73 Å². The molecule has 2 rings (SSSR count). The van der Waals surface area contributed by atoms with Gasteiger partial charge in [-0.15, -0.1) is 0 Å². The summed E-state index contributed by atoms with van der Waals surface area (Å²) in [5, 5.41) is 3.64. The number of hydrogen-bond donors (Lipinski definition) is 1. The Morgan fingerprint density at radius 3 is 2.56 bits per heavy atom. The molecule has 0 amide bonds. The average molecular weight is 256 g/mol. The predicted octanol–water partition coefficient (Wildman–Crippen LogP) is 2.74. The van der Waals surface area contributed by atoms with Gasteiger partial charge in [0.2, 0.25) is 0 Å². The largest absolute Gasteiger partial charge is 0.416 e. The van der Waals surface area contributed by atoms with Crippen LogP contribution < -0.4 is 5.73 Å². The minimum absolute atomic E-state index is 0.0443. The zero-order valence-corrected chi connectivity index (χ0v) is 9.37. The second kappa shape index (κ2) is 4.81. The molecule has 0 aliphatic carbocycles. The van der Waals surface area contributed by atoms with Gasteiger partial charge in [0.05, 0.1) is 11.3 Å². The van der Waals surface area contributed by atoms with Gasteiger partial charge in [-0.05, 0) is 11.6 Å². The number of nitrogens with zero attached hydrogens (tertiary/aromatic N) is 1. The molecule has 1 aromatic heterocycles. The Labute approximate surface area is 101 Å². The van der Waals surface area contributed by atoms with E-state index < -0.39 is 11.7 Å². The van der Waals surface area contributed by atoms with Crippen molar-refractivity contribution in [2.75, 3.05) is 0 Å². The monoisotopic (exact) mass is 256 g/mol. The fourth-order valence-corrected chi connectivity index (χ4v) is 1.67. The summed E-state index contributed by atoms with van der Waals surface area (Å²) < 4.78 is 43.2. The number of aromatic nitrogens is 1. The van der Waals surface area contributed by atoms with E-state index in [2.05, 4.69) is 5.16 Å². The van der Waals surface area contributed by atoms with Gasteiger partial charge >= 0.3 is 6.18 Å². The summed E-state index contributed by atoms with van der Waals surface area (Å²) in [4.78, 5) is 0. The topological polar surface area (TPSA) is 52.0 Å². The van der Waals surface area contributed by atoms with Crippen molar-refractivity contribution in [3.05, 3.63) is 52.9 Å². The third-order valence-corrected chi connectivity index (χ3v) is 2.50. The van der Waals surface area contributed by atoms with Crippen molar-refractivity contribution in [1.29, 1.82) is 0 Å². The zero-order valence-electron chi connectivity index (χ0n) is 9.37. The van der Waals surface area contributed by atoms with Crippen molar-refractivity contribution < 1.29 is 17.7 Å². The minimum atomic E-state index is -4.37. The van der Waals surface area contributed by atoms with Gasteiger partial charge in [-0.2, -0.15) is 13.2 Å². The van der Waals surface area contributed by atoms with Gasteiger partial charge < -0.3 is 10.3 Å². The zero-order chi connectivity index (χ0) is 13.2. The highest BCUT2D eigenvalue weighted by Gasteiger charge is 2.33. The standard InChI is InChI=1S/C12H11F3N2O/c13-12(14,15)11-4-2-1-3-8(11)5-10-6-9(7-16)17-18-10/h1-4,6H,5,7,16H2. The van der Waals surface area contributed by atoms with Crippen molar-refractivity contribution in [3.8, 4) is 0 Å². The number of halogens is 3. The number of benzene rings is 1. The highest BCUT2D eigenvalue weighted by atomic mass is 19.4. The normalized spacial score (nSPS) is 11.8. The average Bonchev–Trinajstić information content (AvgIpc) is 2.76. The lowest BCUT2D eigenvalue weighted by Gasteiger charge is -2.11. The van der Waals surface area contributed by atoms with Crippen LogP contribution in [0.1, 0.15) is 22.6 Å². The van der Waals surface area contributed by atoms with Crippen LogP contribution in [0, 0.1) is 0 Å². The Balaban J connectivity index is 2.29. The van der Waals surface area contributed by atoms with E-state index in [1.165, 1.54) is 12.1 Å². The van der Waals surface area contributed by atoms with Crippen LogP contribution >= 0.6 is 0 Å². The molecule has 0 radical (unpaired) electrons. The van der Waals surface area contributed by atoms with Crippen LogP contribution in [0.15, 0.2) is 34.9 Å². The number of alkyl halides is 3. The maximum Gasteiger partial charge on any atom is 0.416 e. The van der Waals surface area contributed by atoms with Crippen LogP contribution in [0.3, 0.4) is 0 Å². The van der Waals surface area contributed by atoms with Crippen molar-refractivity contribution >= 4 is 0 Å². The van der Waals surface area contributed by atoms with Gasteiger partial charge in [0, 0.05) is 19.0 Å². The highest BCUT2D eigenvalue weighted by molar-refractivity contribution is 5.32. The van der Waals surface area contributed by atoms with Crippen LogP contribution in [0.5, 0.6) is 0 Å². The van der Waals surface area contributed by atoms with Gasteiger partial charge in [0.1, 0.15) is 5.76 Å². The molecule has 96 valence electrons. The predicted molar refractivity (Wildman–Crippen MR) is 58.6 cm³/mol. The van der Waals surface area contributed by atoms with Crippen molar-refractivity contribution in [3.63, 3.8) is 0 Å². The van der Waals surface area contributed by atoms with Crippen LogP contribution in [0.2, 0.25) is 0 Å². The SMILES string of the molecule is NCc1cc(Cc2ccccc2C(F)(F)F)on1. The molecular weight excluding hydrogens is 245 g/mol. The lowest BCUT2D eigenvalue weighted by Crippen LogP contribution is -2.09. The first-order valence-corrected chi connectivity index (χ1v) is 5.30. The number of nitrogens with two attached hydrogens (primary N) is 1. The summed E-state index contributed by atoms with van der Waals surface area (Å²) in [5.41, 5.74) is 5.38. The lowest BCUT2D eigenvalue weighted by molar-refractivity contribution is -0.138. The lowest BCUT2D eigenvalue weighted by atomic mass is 10.0. The summed E-state index contributed by atoms with van der Waals surface area (Å²) in [7, 11) is 0. The molecule has 0 unspecified atom stereocenters. The summed E-state index contributed by atoms with van der Waals surface area (Å²) in [6.45, 7) is 0.199. The van der Waals surface area contributed by atoms with E-state index in [-0.39, 0.29) is 18.5 Å². The molecule has 2 N–H and O–H groups in total. The summed E-state index contributed by atoms with van der Waals surface area (Å²) in [6, 6.07) is 6.96. The molecule has 18 heavy (non-hydrogen) atoms. The van der Waals surface area contributed by atoms with Gasteiger partial charge in [-0.3, -0.25) is 0 Å². The van der Waals surface area contributed by atoms with Gasteiger partial charge in [-0.25, -0.2) is 0 Å². The van der Waals surface area contributed by atoms with E-state index in [9.17, 15) is 13.2 Å². The molecule has 0 saturated heterocycles. The summed E-state index contributed by atoms with van der Waals surface area (Å²) >= 11 is 0. The molecule has 0 aliphatic rings. The van der Waals surface area contributed by atoms with Gasteiger partial charge in [0.25, 0.3) is 0 Å². The Hall–Kier alpha value is -1.82. The fourth-order valence-electron chi connectivity index (χ4n) is 1.67. The smallest absolute Gasteiger partial charge is 0.361 e. The second-order valence-electron chi connectivity index (χ2n) is 3.82. The molecule has 1 heterocycles. The fraction of sp³-hybridized carbons (Fsp3) is 0.250. The van der Waals surface area contributed by atoms with E-state index in [0.29, 0.717) is 11.5 Å². The van der Waals surface area contributed by atoms with E-state index in [1.807, 2.05) is 0 Å². The van der Waals surface area contributed by atoms with Gasteiger partial charge in [0.15, 0.2) is 0 Å². The first kappa shape index (κ1) is 12.6. The minimum Gasteiger partial charge on any atom is -0.361 e. The van der Waals surface area contributed by atoms with Crippen LogP contribution in [0.4, 0.5) is 13.2 Å². The quantitative estimate of drug-likeness (QED) is 0.918. The highest BCUT2D eigenvalue weighted by Crippen LogP contribution is 2.32. The van der Waals surface area contributed by atoms with E-state index in [1.54, 1.807) is 12.1 Å². The van der Waals surface area contributed by atoms with E-state index >= 15 is 0 Å². The Morgan fingerprint density at radius 1 is 1.22 bits per heavy atom. The first-order chi connectivity index (χ1) is 8.50. The number of rotatable bonds is 3. The molecule has 2 aromatic rings. The third kappa shape index (κ3) is 2.70. The van der Waals surface area contributed by atoms with Crippen molar-refractivity contribution in [1.82, 2.24) is 5.16 Å². The molecule has 1 aromatic carbocycles.